The first kappa shape index (κ1) is 20.5. The van der Waals surface area contributed by atoms with Crippen molar-refractivity contribution in [3.8, 4) is 0 Å². The lowest BCUT2D eigenvalue weighted by atomic mass is 9.97. The highest BCUT2D eigenvalue weighted by Crippen LogP contribution is 2.30. The minimum absolute atomic E-state index is 0.162. The third kappa shape index (κ3) is 5.83. The number of esters is 1. The van der Waals surface area contributed by atoms with E-state index in [4.69, 9.17) is 16.3 Å². The number of carbonyl (C=O) groups is 1. The van der Waals surface area contributed by atoms with Crippen molar-refractivity contribution in [2.75, 3.05) is 24.6 Å². The molecule has 0 saturated carbocycles. The normalized spacial score (nSPS) is 16.2. The molecular formula is C15H18ClF3IN3O2. The van der Waals surface area contributed by atoms with Crippen molar-refractivity contribution in [2.45, 2.75) is 38.8 Å². The number of alkyl halides is 3. The Labute approximate surface area is 162 Å². The summed E-state index contributed by atoms with van der Waals surface area (Å²) in [6.45, 7) is 3.15. The maximum atomic E-state index is 12.5. The number of nitrogens with zero attached hydrogens (tertiary/aromatic N) is 3. The summed E-state index contributed by atoms with van der Waals surface area (Å²) >= 11 is 7.98. The number of aryl methyl sites for hydroxylation is 1. The van der Waals surface area contributed by atoms with Crippen molar-refractivity contribution in [1.82, 2.24) is 9.97 Å². The summed E-state index contributed by atoms with van der Waals surface area (Å²) in [6, 6.07) is 0. The quantitative estimate of drug-likeness (QED) is 0.460. The Morgan fingerprint density at radius 2 is 2.00 bits per heavy atom. The van der Waals surface area contributed by atoms with Crippen molar-refractivity contribution in [3.05, 3.63) is 14.5 Å². The Kier molecular flexibility index (Phi) is 7.12. The van der Waals surface area contributed by atoms with E-state index < -0.39 is 12.6 Å². The van der Waals surface area contributed by atoms with Crippen LogP contribution in [-0.4, -0.2) is 41.8 Å². The number of hydrogen-bond donors (Lipinski definition) is 0. The zero-order valence-corrected chi connectivity index (χ0v) is 16.5. The van der Waals surface area contributed by atoms with Crippen molar-refractivity contribution < 1.29 is 22.7 Å². The van der Waals surface area contributed by atoms with Gasteiger partial charge in [-0.15, -0.1) is 0 Å². The molecule has 0 aliphatic carbocycles. The molecule has 2 rings (SSSR count). The summed E-state index contributed by atoms with van der Waals surface area (Å²) in [5.41, 5.74) is 0.282. The minimum atomic E-state index is -4.25. The molecule has 2 heterocycles. The molecule has 0 N–H and O–H groups in total. The monoisotopic (exact) mass is 491 g/mol. The molecule has 0 unspecified atom stereocenters. The van der Waals surface area contributed by atoms with Gasteiger partial charge in [-0.05, 0) is 42.4 Å². The summed E-state index contributed by atoms with van der Waals surface area (Å²) in [6.07, 6.45) is -4.27. The van der Waals surface area contributed by atoms with E-state index in [-0.39, 0.29) is 29.2 Å². The summed E-state index contributed by atoms with van der Waals surface area (Å²) in [5, 5.41) is 0.162. The van der Waals surface area contributed by atoms with Gasteiger partial charge in [-0.2, -0.15) is 13.2 Å². The van der Waals surface area contributed by atoms with Gasteiger partial charge in [0.05, 0.1) is 18.2 Å². The standard InChI is InChI=1S/C15H18ClF3IN3O2/c1-2-25-14(24)9-4-7-23(8-5-9)13-11(16)22-12(20)10(21-13)3-6-15(17,18)19/h9H,2-8H2,1H3. The Hall–Kier alpha value is -0.840. The van der Waals surface area contributed by atoms with E-state index in [0.717, 1.165) is 0 Å². The highest BCUT2D eigenvalue weighted by molar-refractivity contribution is 14.1. The molecule has 25 heavy (non-hydrogen) atoms. The van der Waals surface area contributed by atoms with Crippen LogP contribution in [0.1, 0.15) is 31.9 Å². The van der Waals surface area contributed by atoms with Gasteiger partial charge in [0.1, 0.15) is 3.70 Å². The van der Waals surface area contributed by atoms with E-state index in [9.17, 15) is 18.0 Å². The second kappa shape index (κ2) is 8.70. The van der Waals surface area contributed by atoms with Gasteiger partial charge in [0.15, 0.2) is 11.0 Å². The number of ether oxygens (including phenoxy) is 1. The number of aromatic nitrogens is 2. The lowest BCUT2D eigenvalue weighted by Crippen LogP contribution is -2.37. The van der Waals surface area contributed by atoms with Crippen LogP contribution in [0.2, 0.25) is 5.15 Å². The fraction of sp³-hybridized carbons (Fsp3) is 0.667. The maximum absolute atomic E-state index is 12.5. The molecule has 5 nitrogen and oxygen atoms in total. The first-order valence-corrected chi connectivity index (χ1v) is 9.37. The van der Waals surface area contributed by atoms with Crippen LogP contribution in [0.3, 0.4) is 0 Å². The fourth-order valence-corrected chi connectivity index (χ4v) is 3.65. The van der Waals surface area contributed by atoms with Gasteiger partial charge < -0.3 is 9.64 Å². The number of carbonyl (C=O) groups excluding carboxylic acids is 1. The van der Waals surface area contributed by atoms with Crippen LogP contribution in [-0.2, 0) is 16.0 Å². The molecule has 1 aromatic rings. The summed E-state index contributed by atoms with van der Waals surface area (Å²) in [7, 11) is 0. The minimum Gasteiger partial charge on any atom is -0.466 e. The number of anilines is 1. The van der Waals surface area contributed by atoms with Crippen LogP contribution in [0.5, 0.6) is 0 Å². The van der Waals surface area contributed by atoms with E-state index in [2.05, 4.69) is 9.97 Å². The zero-order valence-electron chi connectivity index (χ0n) is 13.6. The largest absolute Gasteiger partial charge is 0.466 e. The van der Waals surface area contributed by atoms with Crippen LogP contribution in [0, 0.1) is 9.62 Å². The molecule has 0 radical (unpaired) electrons. The lowest BCUT2D eigenvalue weighted by molar-refractivity contribution is -0.148. The van der Waals surface area contributed by atoms with E-state index in [1.165, 1.54) is 0 Å². The number of hydrogen-bond acceptors (Lipinski definition) is 5. The fourth-order valence-electron chi connectivity index (χ4n) is 2.63. The second-order valence-electron chi connectivity index (χ2n) is 5.70. The van der Waals surface area contributed by atoms with Crippen molar-refractivity contribution >= 4 is 46.0 Å². The molecule has 0 amide bonds. The van der Waals surface area contributed by atoms with Gasteiger partial charge in [0, 0.05) is 25.9 Å². The van der Waals surface area contributed by atoms with Gasteiger partial charge in [-0.3, -0.25) is 4.79 Å². The zero-order chi connectivity index (χ0) is 18.6. The van der Waals surface area contributed by atoms with Crippen molar-refractivity contribution in [2.24, 2.45) is 5.92 Å². The van der Waals surface area contributed by atoms with E-state index in [1.54, 1.807) is 6.92 Å². The first-order valence-electron chi connectivity index (χ1n) is 7.91. The first-order chi connectivity index (χ1) is 11.7. The third-order valence-electron chi connectivity index (χ3n) is 3.92. The Bertz CT molecular complexity index is 623. The molecule has 0 aromatic carbocycles. The SMILES string of the molecule is CCOC(=O)C1CCN(c2nc(CCC(F)(F)F)c(I)nc2Cl)CC1. The molecule has 1 saturated heterocycles. The molecule has 0 atom stereocenters. The highest BCUT2D eigenvalue weighted by Gasteiger charge is 2.30. The van der Waals surface area contributed by atoms with Crippen molar-refractivity contribution in [3.63, 3.8) is 0 Å². The van der Waals surface area contributed by atoms with Gasteiger partial charge in [-0.25, -0.2) is 9.97 Å². The summed E-state index contributed by atoms with van der Waals surface area (Å²) in [5.74, 6) is -0.00847. The van der Waals surface area contributed by atoms with Gasteiger partial charge in [0.2, 0.25) is 0 Å². The Balaban J connectivity index is 2.08. The Morgan fingerprint density at radius 3 is 2.56 bits per heavy atom. The molecule has 10 heteroatoms. The van der Waals surface area contributed by atoms with E-state index in [0.29, 0.717) is 42.1 Å². The van der Waals surface area contributed by atoms with E-state index >= 15 is 0 Å². The van der Waals surface area contributed by atoms with Crippen LogP contribution < -0.4 is 4.90 Å². The molecule has 0 bridgehead atoms. The highest BCUT2D eigenvalue weighted by atomic mass is 127. The number of rotatable bonds is 5. The molecule has 1 aliphatic heterocycles. The van der Waals surface area contributed by atoms with E-state index in [1.807, 2.05) is 27.5 Å². The van der Waals surface area contributed by atoms with Crippen molar-refractivity contribution in [1.29, 1.82) is 0 Å². The maximum Gasteiger partial charge on any atom is 0.389 e. The predicted octanol–water partition coefficient (Wildman–Crippen LogP) is 4.01. The van der Waals surface area contributed by atoms with Crippen LogP contribution in [0.15, 0.2) is 0 Å². The summed E-state index contributed by atoms with van der Waals surface area (Å²) in [4.78, 5) is 22.1. The predicted molar refractivity (Wildman–Crippen MR) is 95.7 cm³/mol. The molecule has 140 valence electrons. The topological polar surface area (TPSA) is 55.3 Å². The van der Waals surface area contributed by atoms with Crippen LogP contribution >= 0.6 is 34.2 Å². The Morgan fingerprint density at radius 1 is 1.36 bits per heavy atom. The second-order valence-corrected chi connectivity index (χ2v) is 7.08. The van der Waals surface area contributed by atoms with Gasteiger partial charge >= 0.3 is 12.1 Å². The molecule has 1 fully saturated rings. The smallest absolute Gasteiger partial charge is 0.389 e. The van der Waals surface area contributed by atoms with Crippen LogP contribution in [0.25, 0.3) is 0 Å². The average Bonchev–Trinajstić information content (AvgIpc) is 2.53. The number of piperidine rings is 1. The van der Waals surface area contributed by atoms with Gasteiger partial charge in [0.25, 0.3) is 0 Å². The average molecular weight is 492 g/mol. The molecule has 1 aromatic heterocycles. The summed E-state index contributed by atoms with van der Waals surface area (Å²) < 4.78 is 42.8. The molecule has 0 spiro atoms. The molecule has 1 aliphatic rings. The lowest BCUT2D eigenvalue weighted by Gasteiger charge is -2.32. The van der Waals surface area contributed by atoms with Crippen LogP contribution in [0.4, 0.5) is 19.0 Å². The molecular weight excluding hydrogens is 474 g/mol. The number of halogens is 5. The third-order valence-corrected chi connectivity index (χ3v) is 5.04. The van der Waals surface area contributed by atoms with Gasteiger partial charge in [-0.1, -0.05) is 11.6 Å².